The summed E-state index contributed by atoms with van der Waals surface area (Å²) in [7, 11) is 0. The van der Waals surface area contributed by atoms with E-state index in [1.54, 1.807) is 67.6 Å². The maximum Gasteiger partial charge on any atom is 0.343 e. The molecule has 0 fully saturated rings. The highest BCUT2D eigenvalue weighted by Crippen LogP contribution is 2.29. The van der Waals surface area contributed by atoms with Gasteiger partial charge >= 0.3 is 5.97 Å². The van der Waals surface area contributed by atoms with Crippen LogP contribution in [0, 0.1) is 6.92 Å². The Balaban J connectivity index is 1.63. The molecular formula is C22H14ClNO4. The summed E-state index contributed by atoms with van der Waals surface area (Å²) in [6, 6.07) is 17.8. The lowest BCUT2D eigenvalue weighted by Crippen LogP contribution is -2.29. The Morgan fingerprint density at radius 2 is 1.57 bits per heavy atom. The van der Waals surface area contributed by atoms with Crippen molar-refractivity contribution in [2.24, 2.45) is 0 Å². The minimum atomic E-state index is -0.594. The number of imide groups is 1. The van der Waals surface area contributed by atoms with E-state index in [1.165, 1.54) is 6.07 Å². The Labute approximate surface area is 166 Å². The number of ether oxygens (including phenoxy) is 1. The van der Waals surface area contributed by atoms with Crippen molar-refractivity contribution >= 4 is 35.1 Å². The van der Waals surface area contributed by atoms with Gasteiger partial charge in [-0.2, -0.15) is 0 Å². The molecule has 2 amide bonds. The Bertz CT molecular complexity index is 1100. The minimum Gasteiger partial charge on any atom is -0.423 e. The lowest BCUT2D eigenvalue weighted by atomic mass is 10.1. The molecule has 4 rings (SSSR count). The first-order chi connectivity index (χ1) is 13.5. The third-order valence-electron chi connectivity index (χ3n) is 4.47. The highest BCUT2D eigenvalue weighted by Gasteiger charge is 2.36. The van der Waals surface area contributed by atoms with Crippen LogP contribution in [0.15, 0.2) is 66.7 Å². The number of rotatable bonds is 3. The van der Waals surface area contributed by atoms with Crippen molar-refractivity contribution in [1.82, 2.24) is 0 Å². The van der Waals surface area contributed by atoms with Crippen molar-refractivity contribution in [3.63, 3.8) is 0 Å². The molecule has 5 nitrogen and oxygen atoms in total. The zero-order valence-electron chi connectivity index (χ0n) is 14.8. The van der Waals surface area contributed by atoms with E-state index in [0.717, 1.165) is 10.5 Å². The average Bonchev–Trinajstić information content (AvgIpc) is 2.95. The Kier molecular flexibility index (Phi) is 4.45. The van der Waals surface area contributed by atoms with Crippen LogP contribution in [0.1, 0.15) is 36.6 Å². The fraction of sp³-hybridized carbons (Fsp3) is 0.0455. The molecule has 0 saturated carbocycles. The Morgan fingerprint density at radius 1 is 0.893 bits per heavy atom. The number of hydrogen-bond acceptors (Lipinski definition) is 4. The second-order valence-electron chi connectivity index (χ2n) is 6.34. The van der Waals surface area contributed by atoms with E-state index in [4.69, 9.17) is 16.3 Å². The number of halogens is 1. The smallest absolute Gasteiger partial charge is 0.343 e. The van der Waals surface area contributed by atoms with Gasteiger partial charge in [0.1, 0.15) is 5.75 Å². The van der Waals surface area contributed by atoms with Crippen molar-refractivity contribution in [3.05, 3.63) is 94.0 Å². The van der Waals surface area contributed by atoms with Gasteiger partial charge in [-0.15, -0.1) is 0 Å². The van der Waals surface area contributed by atoms with Crippen molar-refractivity contribution in [1.29, 1.82) is 0 Å². The van der Waals surface area contributed by atoms with Crippen LogP contribution in [-0.4, -0.2) is 17.8 Å². The van der Waals surface area contributed by atoms with E-state index in [0.29, 0.717) is 27.6 Å². The molecule has 0 aliphatic carbocycles. The minimum absolute atomic E-state index is 0.225. The monoisotopic (exact) mass is 391 g/mol. The van der Waals surface area contributed by atoms with E-state index in [1.807, 2.05) is 0 Å². The maximum absolute atomic E-state index is 12.6. The summed E-state index contributed by atoms with van der Waals surface area (Å²) in [5.74, 6) is -1.04. The molecular weight excluding hydrogens is 378 g/mol. The maximum atomic E-state index is 12.6. The first-order valence-corrected chi connectivity index (χ1v) is 8.90. The van der Waals surface area contributed by atoms with Gasteiger partial charge in [0.2, 0.25) is 0 Å². The van der Waals surface area contributed by atoms with E-state index in [9.17, 15) is 14.4 Å². The zero-order valence-corrected chi connectivity index (χ0v) is 15.6. The Morgan fingerprint density at radius 3 is 2.21 bits per heavy atom. The van der Waals surface area contributed by atoms with Gasteiger partial charge in [-0.25, -0.2) is 9.69 Å². The standard InChI is InChI=1S/C22H14ClNO4/c1-13-11-15(23)9-10-19(13)28-22(27)14-5-4-6-16(12-14)24-20(25)17-7-2-3-8-18(17)21(24)26/h2-12H,1H3. The van der Waals surface area contributed by atoms with E-state index >= 15 is 0 Å². The molecule has 1 aliphatic heterocycles. The third kappa shape index (κ3) is 3.06. The van der Waals surface area contributed by atoms with E-state index in [2.05, 4.69) is 0 Å². The molecule has 0 spiro atoms. The normalized spacial score (nSPS) is 12.9. The van der Waals surface area contributed by atoms with Crippen molar-refractivity contribution in [3.8, 4) is 5.75 Å². The fourth-order valence-corrected chi connectivity index (χ4v) is 3.31. The molecule has 1 aliphatic rings. The second kappa shape index (κ2) is 6.94. The van der Waals surface area contributed by atoms with Gasteiger partial charge in [0.25, 0.3) is 11.8 Å². The quantitative estimate of drug-likeness (QED) is 0.370. The molecule has 28 heavy (non-hydrogen) atoms. The molecule has 0 bridgehead atoms. The topological polar surface area (TPSA) is 63.7 Å². The lowest BCUT2D eigenvalue weighted by molar-refractivity contribution is 0.0732. The van der Waals surface area contributed by atoms with Crippen LogP contribution in [0.3, 0.4) is 0 Å². The predicted molar refractivity (Wildman–Crippen MR) is 105 cm³/mol. The zero-order chi connectivity index (χ0) is 19.8. The van der Waals surface area contributed by atoms with Crippen LogP contribution >= 0.6 is 11.6 Å². The molecule has 0 unspecified atom stereocenters. The SMILES string of the molecule is Cc1cc(Cl)ccc1OC(=O)c1cccc(N2C(=O)c3ccccc3C2=O)c1. The lowest BCUT2D eigenvalue weighted by Gasteiger charge is -2.15. The van der Waals surface area contributed by atoms with Crippen LogP contribution in [-0.2, 0) is 0 Å². The highest BCUT2D eigenvalue weighted by atomic mass is 35.5. The third-order valence-corrected chi connectivity index (χ3v) is 4.71. The summed E-state index contributed by atoms with van der Waals surface area (Å²) in [6.07, 6.45) is 0. The first kappa shape index (κ1) is 17.9. The number of carbonyl (C=O) groups excluding carboxylic acids is 3. The summed E-state index contributed by atoms with van der Waals surface area (Å²) >= 11 is 5.92. The number of aryl methyl sites for hydroxylation is 1. The highest BCUT2D eigenvalue weighted by molar-refractivity contribution is 6.34. The number of hydrogen-bond donors (Lipinski definition) is 0. The summed E-state index contributed by atoms with van der Waals surface area (Å²) in [6.45, 7) is 1.78. The molecule has 0 saturated heterocycles. The summed E-state index contributed by atoms with van der Waals surface area (Å²) in [5.41, 5.74) is 1.95. The summed E-state index contributed by atoms with van der Waals surface area (Å²) in [4.78, 5) is 38.9. The molecule has 3 aromatic carbocycles. The van der Waals surface area contributed by atoms with E-state index < -0.39 is 17.8 Å². The average molecular weight is 392 g/mol. The molecule has 138 valence electrons. The number of esters is 1. The second-order valence-corrected chi connectivity index (χ2v) is 6.78. The molecule has 6 heteroatoms. The summed E-state index contributed by atoms with van der Waals surface area (Å²) < 4.78 is 5.43. The number of fused-ring (bicyclic) bond motifs is 1. The van der Waals surface area contributed by atoms with Crippen molar-refractivity contribution in [2.75, 3.05) is 4.90 Å². The number of carbonyl (C=O) groups is 3. The van der Waals surface area contributed by atoms with E-state index in [-0.39, 0.29) is 5.56 Å². The molecule has 0 N–H and O–H groups in total. The molecule has 1 heterocycles. The van der Waals surface area contributed by atoms with Gasteiger partial charge in [0, 0.05) is 5.02 Å². The van der Waals surface area contributed by atoms with Crippen molar-refractivity contribution in [2.45, 2.75) is 6.92 Å². The molecule has 0 radical (unpaired) electrons. The largest absolute Gasteiger partial charge is 0.423 e. The van der Waals surface area contributed by atoms with Gasteiger partial charge in [-0.1, -0.05) is 29.8 Å². The van der Waals surface area contributed by atoms with Gasteiger partial charge < -0.3 is 4.74 Å². The summed E-state index contributed by atoms with van der Waals surface area (Å²) in [5, 5.41) is 0.546. The van der Waals surface area contributed by atoms with Gasteiger partial charge in [-0.3, -0.25) is 9.59 Å². The number of benzene rings is 3. The van der Waals surface area contributed by atoms with Crippen LogP contribution in [0.5, 0.6) is 5.75 Å². The number of nitrogens with zero attached hydrogens (tertiary/aromatic N) is 1. The van der Waals surface area contributed by atoms with Gasteiger partial charge in [-0.05, 0) is 61.0 Å². The van der Waals surface area contributed by atoms with Crippen LogP contribution in [0.2, 0.25) is 5.02 Å². The molecule has 0 aromatic heterocycles. The molecule has 0 atom stereocenters. The first-order valence-electron chi connectivity index (χ1n) is 8.52. The number of anilines is 1. The van der Waals surface area contributed by atoms with Gasteiger partial charge in [0.05, 0.1) is 22.4 Å². The Hall–Kier alpha value is -3.44. The van der Waals surface area contributed by atoms with Crippen molar-refractivity contribution < 1.29 is 19.1 Å². The van der Waals surface area contributed by atoms with Crippen LogP contribution in [0.25, 0.3) is 0 Å². The fourth-order valence-electron chi connectivity index (χ4n) is 3.08. The van der Waals surface area contributed by atoms with Crippen LogP contribution in [0.4, 0.5) is 5.69 Å². The molecule has 3 aromatic rings. The van der Waals surface area contributed by atoms with Gasteiger partial charge in [0.15, 0.2) is 0 Å². The predicted octanol–water partition coefficient (Wildman–Crippen LogP) is 4.67. The number of amides is 2. The van der Waals surface area contributed by atoms with Crippen LogP contribution < -0.4 is 9.64 Å².